The lowest BCUT2D eigenvalue weighted by Gasteiger charge is -2.41. The Morgan fingerprint density at radius 2 is 1.93 bits per heavy atom. The van der Waals surface area contributed by atoms with Gasteiger partial charge < -0.3 is 24.4 Å². The molecule has 7 nitrogen and oxygen atoms in total. The number of nitrogens with zero attached hydrogens (tertiary/aromatic N) is 1. The highest BCUT2D eigenvalue weighted by Crippen LogP contribution is 2.39. The molecule has 3 fully saturated rings. The molecular weight excluding hydrogens is 384 g/mol. The van der Waals surface area contributed by atoms with Crippen LogP contribution in [0.4, 0.5) is 0 Å². The van der Waals surface area contributed by atoms with Gasteiger partial charge in [-0.25, -0.2) is 0 Å². The molecule has 1 aliphatic carbocycles. The fourth-order valence-electron chi connectivity index (χ4n) is 5.59. The number of hydrogen-bond donors (Lipinski definition) is 1. The summed E-state index contributed by atoms with van der Waals surface area (Å²) >= 11 is 0. The van der Waals surface area contributed by atoms with Crippen molar-refractivity contribution in [1.82, 2.24) is 10.2 Å². The predicted octanol–water partition coefficient (Wildman–Crippen LogP) is 2.00. The van der Waals surface area contributed by atoms with Gasteiger partial charge in [-0.3, -0.25) is 9.59 Å². The predicted molar refractivity (Wildman–Crippen MR) is 109 cm³/mol. The highest BCUT2D eigenvalue weighted by atomic mass is 16.5. The third kappa shape index (κ3) is 3.69. The van der Waals surface area contributed by atoms with Crippen molar-refractivity contribution in [3.8, 4) is 5.75 Å². The van der Waals surface area contributed by atoms with Crippen LogP contribution in [0.3, 0.4) is 0 Å². The van der Waals surface area contributed by atoms with E-state index in [1.165, 1.54) is 5.56 Å². The van der Waals surface area contributed by atoms with Crippen molar-refractivity contribution in [1.29, 1.82) is 0 Å². The molecule has 0 unspecified atom stereocenters. The first kappa shape index (κ1) is 19.8. The van der Waals surface area contributed by atoms with Crippen molar-refractivity contribution in [2.24, 2.45) is 0 Å². The highest BCUT2D eigenvalue weighted by Gasteiger charge is 2.52. The van der Waals surface area contributed by atoms with Crippen LogP contribution in [-0.4, -0.2) is 67.4 Å². The lowest BCUT2D eigenvalue weighted by molar-refractivity contribution is -0.143. The minimum absolute atomic E-state index is 0.0417. The van der Waals surface area contributed by atoms with Crippen LogP contribution in [0.1, 0.15) is 50.0 Å². The molecule has 7 heteroatoms. The number of rotatable bonds is 0. The van der Waals surface area contributed by atoms with Crippen molar-refractivity contribution < 1.29 is 23.8 Å². The van der Waals surface area contributed by atoms with E-state index in [1.54, 1.807) is 0 Å². The summed E-state index contributed by atoms with van der Waals surface area (Å²) in [7, 11) is 0. The van der Waals surface area contributed by atoms with Crippen LogP contribution in [0.5, 0.6) is 5.75 Å². The van der Waals surface area contributed by atoms with E-state index in [9.17, 15) is 9.59 Å². The van der Waals surface area contributed by atoms with E-state index >= 15 is 0 Å². The Kier molecular flexibility index (Phi) is 5.41. The quantitative estimate of drug-likeness (QED) is 0.703. The smallest absolute Gasteiger partial charge is 0.246 e. The minimum atomic E-state index is -0.549. The zero-order chi connectivity index (χ0) is 20.6. The second-order valence-electron chi connectivity index (χ2n) is 8.99. The minimum Gasteiger partial charge on any atom is -0.493 e. The largest absolute Gasteiger partial charge is 0.493 e. The zero-order valence-electron chi connectivity index (χ0n) is 17.3. The molecule has 162 valence electrons. The number of morpholine rings is 1. The van der Waals surface area contributed by atoms with Gasteiger partial charge in [-0.15, -0.1) is 0 Å². The number of benzene rings is 1. The molecule has 4 aliphatic heterocycles. The second kappa shape index (κ2) is 8.19. The van der Waals surface area contributed by atoms with E-state index in [-0.39, 0.29) is 30.6 Å². The number of hydrogen-bond acceptors (Lipinski definition) is 5. The Bertz CT molecular complexity index is 807. The van der Waals surface area contributed by atoms with Crippen molar-refractivity contribution in [2.75, 3.05) is 33.0 Å². The summed E-state index contributed by atoms with van der Waals surface area (Å²) in [4.78, 5) is 27.0. The summed E-state index contributed by atoms with van der Waals surface area (Å²) in [6.45, 7) is 1.89. The lowest BCUT2D eigenvalue weighted by atomic mass is 9.82. The lowest BCUT2D eigenvalue weighted by Crippen LogP contribution is -2.65. The average Bonchev–Trinajstić information content (AvgIpc) is 3.09. The van der Waals surface area contributed by atoms with Crippen molar-refractivity contribution in [3.63, 3.8) is 0 Å². The van der Waals surface area contributed by atoms with Gasteiger partial charge in [0, 0.05) is 6.54 Å². The van der Waals surface area contributed by atoms with Crippen LogP contribution in [0, 0.1) is 0 Å². The number of ether oxygens (including phenoxy) is 3. The van der Waals surface area contributed by atoms with Gasteiger partial charge in [0.1, 0.15) is 12.4 Å². The molecule has 1 saturated carbocycles. The fraction of sp³-hybridized carbons (Fsp3) is 0.652. The van der Waals surface area contributed by atoms with E-state index < -0.39 is 5.54 Å². The third-order valence-electron chi connectivity index (χ3n) is 7.21. The van der Waals surface area contributed by atoms with Crippen LogP contribution < -0.4 is 10.1 Å². The van der Waals surface area contributed by atoms with E-state index in [4.69, 9.17) is 14.2 Å². The summed E-state index contributed by atoms with van der Waals surface area (Å²) in [5.41, 5.74) is 0.702. The SMILES string of the molecule is O=C1COC[C@@]2(CCN3C(=O)CCOc4ccccc4[C@H]4CC[C@H](CC4)OC[C@H]32)N1. The molecule has 30 heavy (non-hydrogen) atoms. The van der Waals surface area contributed by atoms with Crippen LogP contribution in [-0.2, 0) is 19.1 Å². The number of para-hydroxylation sites is 1. The first-order chi connectivity index (χ1) is 14.6. The molecule has 0 aromatic heterocycles. The van der Waals surface area contributed by atoms with Gasteiger partial charge in [-0.2, -0.15) is 0 Å². The van der Waals surface area contributed by atoms with Crippen LogP contribution in [0.25, 0.3) is 0 Å². The Morgan fingerprint density at radius 3 is 2.77 bits per heavy atom. The second-order valence-corrected chi connectivity index (χ2v) is 8.99. The molecule has 2 bridgehead atoms. The van der Waals surface area contributed by atoms with E-state index in [2.05, 4.69) is 17.4 Å². The van der Waals surface area contributed by atoms with Crippen molar-refractivity contribution in [3.05, 3.63) is 29.8 Å². The van der Waals surface area contributed by atoms with Crippen molar-refractivity contribution >= 4 is 11.8 Å². The molecule has 2 amide bonds. The van der Waals surface area contributed by atoms with E-state index in [0.29, 0.717) is 45.1 Å². The Morgan fingerprint density at radius 1 is 1.10 bits per heavy atom. The molecule has 1 spiro atoms. The topological polar surface area (TPSA) is 77.1 Å². The number of carbonyl (C=O) groups is 2. The normalized spacial score (nSPS) is 34.7. The molecule has 1 aromatic rings. The number of nitrogens with one attached hydrogen (secondary N) is 1. The zero-order valence-corrected chi connectivity index (χ0v) is 17.3. The maximum atomic E-state index is 13.1. The van der Waals surface area contributed by atoms with E-state index in [1.807, 2.05) is 17.0 Å². The summed E-state index contributed by atoms with van der Waals surface area (Å²) in [5, 5.41) is 3.13. The van der Waals surface area contributed by atoms with Gasteiger partial charge in [0.05, 0.1) is 43.9 Å². The third-order valence-corrected chi connectivity index (χ3v) is 7.21. The van der Waals surface area contributed by atoms with Gasteiger partial charge in [-0.1, -0.05) is 18.2 Å². The molecule has 1 aromatic carbocycles. The summed E-state index contributed by atoms with van der Waals surface area (Å²) in [5.74, 6) is 1.30. The Balaban J connectivity index is 1.40. The fourth-order valence-corrected chi connectivity index (χ4v) is 5.59. The van der Waals surface area contributed by atoms with Gasteiger partial charge >= 0.3 is 0 Å². The van der Waals surface area contributed by atoms with Gasteiger partial charge in [-0.05, 0) is 49.7 Å². The summed E-state index contributed by atoms with van der Waals surface area (Å²) < 4.78 is 18.0. The van der Waals surface area contributed by atoms with Crippen LogP contribution >= 0.6 is 0 Å². The Hall–Kier alpha value is -2.12. The molecule has 2 atom stereocenters. The maximum Gasteiger partial charge on any atom is 0.246 e. The molecule has 4 heterocycles. The maximum absolute atomic E-state index is 13.1. The van der Waals surface area contributed by atoms with E-state index in [0.717, 1.165) is 31.4 Å². The molecule has 2 saturated heterocycles. The number of carbonyl (C=O) groups excluding carboxylic acids is 2. The highest BCUT2D eigenvalue weighted by molar-refractivity contribution is 5.80. The first-order valence-electron chi connectivity index (χ1n) is 11.2. The van der Waals surface area contributed by atoms with Crippen LogP contribution in [0.2, 0.25) is 0 Å². The van der Waals surface area contributed by atoms with Crippen LogP contribution in [0.15, 0.2) is 24.3 Å². The molecule has 5 aliphatic rings. The number of fused-ring (bicyclic) bond motifs is 6. The summed E-state index contributed by atoms with van der Waals surface area (Å²) in [6.07, 6.45) is 5.32. The van der Waals surface area contributed by atoms with Gasteiger partial charge in [0.25, 0.3) is 0 Å². The van der Waals surface area contributed by atoms with Crippen molar-refractivity contribution in [2.45, 2.75) is 62.1 Å². The average molecular weight is 415 g/mol. The standard InChI is InChI=1S/C23H30N2O5/c26-21-14-28-15-23(24-21)10-11-25-20(23)13-30-17-7-5-16(6-8-17)18-3-1-2-4-19(18)29-12-9-22(25)27/h1-4,16-17,20H,5-15H2,(H,24,26)/t16-,17+,20-,23+/m0/s1. The summed E-state index contributed by atoms with van der Waals surface area (Å²) in [6, 6.07) is 8.01. The van der Waals surface area contributed by atoms with Gasteiger partial charge in [0.15, 0.2) is 0 Å². The Labute approximate surface area is 177 Å². The molecule has 1 N–H and O–H groups in total. The first-order valence-corrected chi connectivity index (χ1v) is 11.2. The monoisotopic (exact) mass is 414 g/mol. The molecule has 6 rings (SSSR count). The molecule has 0 radical (unpaired) electrons. The number of amides is 2. The van der Waals surface area contributed by atoms with Gasteiger partial charge in [0.2, 0.25) is 11.8 Å². The molecular formula is C23H30N2O5.